The van der Waals surface area contributed by atoms with Crippen molar-refractivity contribution in [1.29, 1.82) is 0 Å². The molecule has 0 rings (SSSR count). The first-order valence-corrected chi connectivity index (χ1v) is 8.06. The molecule has 0 aromatic rings. The molecule has 0 N–H and O–H groups in total. The Kier molecular flexibility index (Phi) is 9.39. The van der Waals surface area contributed by atoms with Crippen molar-refractivity contribution in [3.63, 3.8) is 0 Å². The van der Waals surface area contributed by atoms with Gasteiger partial charge in [-0.15, -0.1) is 0 Å². The molecular formula is C17H33NO5. The van der Waals surface area contributed by atoms with Crippen molar-refractivity contribution in [2.75, 3.05) is 33.5 Å². The number of methoxy groups -OCH3 is 1. The van der Waals surface area contributed by atoms with Gasteiger partial charge in [-0.2, -0.15) is 0 Å². The first-order valence-electron chi connectivity index (χ1n) is 8.06. The molecule has 0 aromatic carbocycles. The average Bonchev–Trinajstić information content (AvgIpc) is 2.38. The molecule has 23 heavy (non-hydrogen) atoms. The lowest BCUT2D eigenvalue weighted by Crippen LogP contribution is -2.53. The lowest BCUT2D eigenvalue weighted by atomic mass is 9.96. The fraction of sp³-hybridized carbons (Fsp3) is 0.882. The van der Waals surface area contributed by atoms with Gasteiger partial charge in [-0.1, -0.05) is 0 Å². The Hall–Kier alpha value is -1.14. The lowest BCUT2D eigenvalue weighted by molar-refractivity contribution is -0.151. The predicted molar refractivity (Wildman–Crippen MR) is 89.2 cm³/mol. The van der Waals surface area contributed by atoms with Crippen molar-refractivity contribution in [3.8, 4) is 0 Å². The minimum atomic E-state index is -0.412. The summed E-state index contributed by atoms with van der Waals surface area (Å²) in [5, 5.41) is 0. The Morgan fingerprint density at radius 3 is 1.61 bits per heavy atom. The smallest absolute Gasteiger partial charge is 0.306 e. The summed E-state index contributed by atoms with van der Waals surface area (Å²) in [6, 6.07) is 0. The summed E-state index contributed by atoms with van der Waals surface area (Å²) in [6.45, 7) is 14.3. The van der Waals surface area contributed by atoms with E-state index in [4.69, 9.17) is 14.2 Å². The molecule has 0 aliphatic carbocycles. The molecule has 0 aromatic heterocycles. The van der Waals surface area contributed by atoms with Gasteiger partial charge in [0.05, 0.1) is 19.4 Å². The monoisotopic (exact) mass is 331 g/mol. The molecule has 0 spiro atoms. The van der Waals surface area contributed by atoms with E-state index < -0.39 is 5.97 Å². The first-order chi connectivity index (χ1) is 10.5. The molecule has 0 fully saturated rings. The number of hydrogen-bond acceptors (Lipinski definition) is 6. The van der Waals surface area contributed by atoms with Crippen molar-refractivity contribution in [2.45, 2.75) is 65.5 Å². The highest BCUT2D eigenvalue weighted by Gasteiger charge is 2.31. The van der Waals surface area contributed by atoms with Gasteiger partial charge in [-0.05, 0) is 41.5 Å². The normalized spacial score (nSPS) is 12.3. The molecule has 0 saturated carbocycles. The van der Waals surface area contributed by atoms with E-state index in [1.54, 1.807) is 0 Å². The molecule has 0 unspecified atom stereocenters. The molecule has 0 heterocycles. The Bertz CT molecular complexity index is 354. The quantitative estimate of drug-likeness (QED) is 0.477. The SMILES string of the molecule is COCCOC(=O)CCC(=O)OCCN(C(C)(C)C)C(C)(C)C. The summed E-state index contributed by atoms with van der Waals surface area (Å²) in [5.41, 5.74) is -0.0361. The maximum atomic E-state index is 11.7. The van der Waals surface area contributed by atoms with Crippen molar-refractivity contribution in [3.05, 3.63) is 0 Å². The zero-order valence-electron chi connectivity index (χ0n) is 15.7. The van der Waals surface area contributed by atoms with Crippen molar-refractivity contribution in [1.82, 2.24) is 4.90 Å². The van der Waals surface area contributed by atoms with Crippen LogP contribution in [-0.2, 0) is 23.8 Å². The van der Waals surface area contributed by atoms with E-state index in [0.29, 0.717) is 19.8 Å². The second-order valence-corrected chi connectivity index (χ2v) is 7.43. The second kappa shape index (κ2) is 9.88. The molecule has 0 amide bonds. The minimum absolute atomic E-state index is 0.0180. The second-order valence-electron chi connectivity index (χ2n) is 7.43. The third-order valence-corrected chi connectivity index (χ3v) is 3.28. The van der Waals surface area contributed by atoms with E-state index in [9.17, 15) is 9.59 Å². The van der Waals surface area contributed by atoms with Crippen LogP contribution in [0.3, 0.4) is 0 Å². The van der Waals surface area contributed by atoms with E-state index in [-0.39, 0.29) is 36.5 Å². The summed E-state index contributed by atoms with van der Waals surface area (Å²) in [6.07, 6.45) is 0.0711. The molecule has 6 nitrogen and oxygen atoms in total. The van der Waals surface area contributed by atoms with Gasteiger partial charge < -0.3 is 14.2 Å². The Morgan fingerprint density at radius 2 is 1.22 bits per heavy atom. The molecule has 0 atom stereocenters. The predicted octanol–water partition coefficient (Wildman–Crippen LogP) is 2.40. The van der Waals surface area contributed by atoms with Crippen LogP contribution in [0.15, 0.2) is 0 Å². The van der Waals surface area contributed by atoms with Crippen LogP contribution in [0.1, 0.15) is 54.4 Å². The van der Waals surface area contributed by atoms with Crippen molar-refractivity contribution < 1.29 is 23.8 Å². The van der Waals surface area contributed by atoms with E-state index in [0.717, 1.165) is 0 Å². The van der Waals surface area contributed by atoms with E-state index in [2.05, 4.69) is 46.4 Å². The summed E-state index contributed by atoms with van der Waals surface area (Å²) < 4.78 is 14.9. The number of ether oxygens (including phenoxy) is 3. The topological polar surface area (TPSA) is 65.1 Å². The number of hydrogen-bond donors (Lipinski definition) is 0. The van der Waals surface area contributed by atoms with E-state index >= 15 is 0 Å². The Balaban J connectivity index is 4.07. The number of rotatable bonds is 9. The number of carbonyl (C=O) groups excluding carboxylic acids is 2. The maximum Gasteiger partial charge on any atom is 0.306 e. The van der Waals surface area contributed by atoms with Crippen LogP contribution in [0.4, 0.5) is 0 Å². The largest absolute Gasteiger partial charge is 0.464 e. The van der Waals surface area contributed by atoms with Gasteiger partial charge in [0.2, 0.25) is 0 Å². The maximum absolute atomic E-state index is 11.7. The van der Waals surface area contributed by atoms with Crippen LogP contribution < -0.4 is 0 Å². The average molecular weight is 331 g/mol. The van der Waals surface area contributed by atoms with Crippen LogP contribution >= 0.6 is 0 Å². The van der Waals surface area contributed by atoms with Gasteiger partial charge in [-0.3, -0.25) is 14.5 Å². The molecule has 0 saturated heterocycles. The summed E-state index contributed by atoms with van der Waals surface area (Å²) in [5.74, 6) is -0.790. The highest BCUT2D eigenvalue weighted by atomic mass is 16.6. The first kappa shape index (κ1) is 21.9. The highest BCUT2D eigenvalue weighted by molar-refractivity contribution is 5.77. The molecule has 0 aliphatic heterocycles. The summed E-state index contributed by atoms with van der Waals surface area (Å²) in [7, 11) is 1.53. The highest BCUT2D eigenvalue weighted by Crippen LogP contribution is 2.24. The van der Waals surface area contributed by atoms with Crippen LogP contribution in [0.2, 0.25) is 0 Å². The zero-order valence-corrected chi connectivity index (χ0v) is 15.7. The van der Waals surface area contributed by atoms with Gasteiger partial charge in [0.25, 0.3) is 0 Å². The molecule has 0 bridgehead atoms. The fourth-order valence-corrected chi connectivity index (χ4v) is 2.52. The van der Waals surface area contributed by atoms with Crippen molar-refractivity contribution in [2.24, 2.45) is 0 Å². The zero-order chi connectivity index (χ0) is 18.1. The molecular weight excluding hydrogens is 298 g/mol. The van der Waals surface area contributed by atoms with Gasteiger partial charge in [0, 0.05) is 24.7 Å². The van der Waals surface area contributed by atoms with Gasteiger partial charge in [0.15, 0.2) is 0 Å². The number of nitrogens with zero attached hydrogens (tertiary/aromatic N) is 1. The van der Waals surface area contributed by atoms with Crippen LogP contribution in [0.25, 0.3) is 0 Å². The van der Waals surface area contributed by atoms with E-state index in [1.807, 2.05) is 0 Å². The summed E-state index contributed by atoms with van der Waals surface area (Å²) in [4.78, 5) is 25.3. The van der Waals surface area contributed by atoms with E-state index in [1.165, 1.54) is 7.11 Å². The minimum Gasteiger partial charge on any atom is -0.464 e. The molecule has 6 heteroatoms. The fourth-order valence-electron chi connectivity index (χ4n) is 2.52. The standard InChI is InChI=1S/C17H33NO5/c1-16(2,3)18(17(4,5)6)10-11-22-14(19)8-9-15(20)23-13-12-21-7/h8-13H2,1-7H3. The van der Waals surface area contributed by atoms with Crippen LogP contribution in [-0.4, -0.2) is 61.4 Å². The summed E-state index contributed by atoms with van der Waals surface area (Å²) >= 11 is 0. The van der Waals surface area contributed by atoms with Gasteiger partial charge in [0.1, 0.15) is 13.2 Å². The Labute approximate surface area is 140 Å². The third-order valence-electron chi connectivity index (χ3n) is 3.28. The number of esters is 2. The van der Waals surface area contributed by atoms with Crippen LogP contribution in [0.5, 0.6) is 0 Å². The Morgan fingerprint density at radius 1 is 0.783 bits per heavy atom. The molecule has 136 valence electrons. The molecule has 0 aliphatic rings. The lowest BCUT2D eigenvalue weighted by Gasteiger charge is -2.45. The van der Waals surface area contributed by atoms with Crippen molar-refractivity contribution >= 4 is 11.9 Å². The van der Waals surface area contributed by atoms with Gasteiger partial charge >= 0.3 is 11.9 Å². The van der Waals surface area contributed by atoms with Crippen LogP contribution in [0, 0.1) is 0 Å². The number of carbonyl (C=O) groups is 2. The van der Waals surface area contributed by atoms with Gasteiger partial charge in [-0.25, -0.2) is 0 Å². The third kappa shape index (κ3) is 10.3. The molecule has 0 radical (unpaired) electrons.